The summed E-state index contributed by atoms with van der Waals surface area (Å²) in [6.07, 6.45) is 0.905. The van der Waals surface area contributed by atoms with Gasteiger partial charge in [-0.1, -0.05) is 0 Å². The van der Waals surface area contributed by atoms with Crippen LogP contribution in [0.5, 0.6) is 5.75 Å². The second kappa shape index (κ2) is 6.92. The molecule has 0 spiro atoms. The molecule has 21 heavy (non-hydrogen) atoms. The summed E-state index contributed by atoms with van der Waals surface area (Å²) in [6.45, 7) is 5.99. The summed E-state index contributed by atoms with van der Waals surface area (Å²) in [7, 11) is 1.61. The second-order valence-corrected chi connectivity index (χ2v) is 5.43. The number of likely N-dealkylation sites (N-methyl/N-ethyl adjacent to an activating group) is 1. The van der Waals surface area contributed by atoms with E-state index in [0.717, 1.165) is 0 Å². The number of aromatic carboxylic acids is 1. The van der Waals surface area contributed by atoms with Crippen LogP contribution in [0.2, 0.25) is 0 Å². The molecule has 1 rings (SSSR count). The van der Waals surface area contributed by atoms with Crippen molar-refractivity contribution in [1.29, 1.82) is 0 Å². The highest BCUT2D eigenvalue weighted by atomic mass is 16.6. The molecule has 1 N–H and O–H groups in total. The molecule has 1 amide bonds. The molecule has 0 aromatic carbocycles. The fourth-order valence-electron chi connectivity index (χ4n) is 1.32. The SMILES string of the molecule is CN(CCOc1ccc(C(=O)O)nc1)C(=O)OC(C)(C)C. The summed E-state index contributed by atoms with van der Waals surface area (Å²) in [5, 5.41) is 8.72. The van der Waals surface area contributed by atoms with Crippen molar-refractivity contribution in [3.05, 3.63) is 24.0 Å². The van der Waals surface area contributed by atoms with Crippen LogP contribution in [-0.2, 0) is 4.74 Å². The van der Waals surface area contributed by atoms with Gasteiger partial charge in [0.2, 0.25) is 0 Å². The maximum Gasteiger partial charge on any atom is 0.410 e. The molecule has 0 fully saturated rings. The molecule has 1 aromatic rings. The third-order valence-electron chi connectivity index (χ3n) is 2.36. The van der Waals surface area contributed by atoms with Crippen molar-refractivity contribution in [2.45, 2.75) is 26.4 Å². The molecule has 0 aliphatic carbocycles. The average molecular weight is 296 g/mol. The summed E-state index contributed by atoms with van der Waals surface area (Å²) >= 11 is 0. The lowest BCUT2D eigenvalue weighted by molar-refractivity contribution is 0.0278. The number of hydrogen-bond donors (Lipinski definition) is 1. The highest BCUT2D eigenvalue weighted by Gasteiger charge is 2.19. The van der Waals surface area contributed by atoms with Gasteiger partial charge in [-0.2, -0.15) is 0 Å². The molecule has 0 aliphatic heterocycles. The van der Waals surface area contributed by atoms with E-state index in [1.807, 2.05) is 0 Å². The highest BCUT2D eigenvalue weighted by Crippen LogP contribution is 2.10. The molecule has 0 saturated heterocycles. The van der Waals surface area contributed by atoms with Gasteiger partial charge in [0.25, 0.3) is 0 Å². The van der Waals surface area contributed by atoms with Gasteiger partial charge < -0.3 is 19.5 Å². The zero-order valence-electron chi connectivity index (χ0n) is 12.6. The van der Waals surface area contributed by atoms with Gasteiger partial charge in [0.1, 0.15) is 23.7 Å². The van der Waals surface area contributed by atoms with Gasteiger partial charge in [-0.3, -0.25) is 0 Å². The number of amides is 1. The first kappa shape index (κ1) is 16.7. The largest absolute Gasteiger partial charge is 0.490 e. The van der Waals surface area contributed by atoms with E-state index in [1.165, 1.54) is 23.2 Å². The smallest absolute Gasteiger partial charge is 0.410 e. The Bertz CT molecular complexity index is 493. The third kappa shape index (κ3) is 6.11. The van der Waals surface area contributed by atoms with Crippen LogP contribution in [0, 0.1) is 0 Å². The molecule has 1 heterocycles. The molecule has 0 atom stereocenters. The van der Waals surface area contributed by atoms with E-state index >= 15 is 0 Å². The maximum absolute atomic E-state index is 11.7. The number of carbonyl (C=O) groups excluding carboxylic acids is 1. The van der Waals surface area contributed by atoms with E-state index in [9.17, 15) is 9.59 Å². The van der Waals surface area contributed by atoms with E-state index in [0.29, 0.717) is 12.3 Å². The number of carbonyl (C=O) groups is 2. The second-order valence-electron chi connectivity index (χ2n) is 5.43. The molecule has 7 nitrogen and oxygen atoms in total. The van der Waals surface area contributed by atoms with Crippen molar-refractivity contribution in [2.24, 2.45) is 0 Å². The fourth-order valence-corrected chi connectivity index (χ4v) is 1.32. The summed E-state index contributed by atoms with van der Waals surface area (Å²) in [5.74, 6) is -0.649. The number of carboxylic acids is 1. The molecule has 0 unspecified atom stereocenters. The predicted octanol–water partition coefficient (Wildman–Crippen LogP) is 2.03. The topological polar surface area (TPSA) is 89.0 Å². The van der Waals surface area contributed by atoms with Crippen molar-refractivity contribution < 1.29 is 24.2 Å². The number of ether oxygens (including phenoxy) is 2. The molecule has 116 valence electrons. The summed E-state index contributed by atoms with van der Waals surface area (Å²) < 4.78 is 10.6. The van der Waals surface area contributed by atoms with Crippen molar-refractivity contribution in [3.8, 4) is 5.75 Å². The molecule has 0 radical (unpaired) electrons. The van der Waals surface area contributed by atoms with Crippen molar-refractivity contribution in [3.63, 3.8) is 0 Å². The number of aromatic nitrogens is 1. The third-order valence-corrected chi connectivity index (χ3v) is 2.36. The average Bonchev–Trinajstić information content (AvgIpc) is 2.37. The lowest BCUT2D eigenvalue weighted by Gasteiger charge is -2.24. The van der Waals surface area contributed by atoms with Crippen LogP contribution >= 0.6 is 0 Å². The molecule has 1 aromatic heterocycles. The molecular formula is C14H20N2O5. The Morgan fingerprint density at radius 3 is 2.48 bits per heavy atom. The highest BCUT2D eigenvalue weighted by molar-refractivity contribution is 5.85. The van der Waals surface area contributed by atoms with Gasteiger partial charge in [0.15, 0.2) is 0 Å². The van der Waals surface area contributed by atoms with Gasteiger partial charge in [-0.05, 0) is 32.9 Å². The minimum atomic E-state index is -1.09. The lowest BCUT2D eigenvalue weighted by Crippen LogP contribution is -2.36. The van der Waals surface area contributed by atoms with Crippen LogP contribution in [0.25, 0.3) is 0 Å². The first-order chi connectivity index (χ1) is 9.69. The number of hydrogen-bond acceptors (Lipinski definition) is 5. The van der Waals surface area contributed by atoms with Gasteiger partial charge in [-0.25, -0.2) is 14.6 Å². The molecule has 7 heteroatoms. The Labute approximate surface area is 123 Å². The van der Waals surface area contributed by atoms with Gasteiger partial charge in [0, 0.05) is 7.05 Å². The summed E-state index contributed by atoms with van der Waals surface area (Å²) in [4.78, 5) is 27.5. The summed E-state index contributed by atoms with van der Waals surface area (Å²) in [6, 6.07) is 2.87. The van der Waals surface area contributed by atoms with E-state index in [2.05, 4.69) is 4.98 Å². The van der Waals surface area contributed by atoms with Crippen molar-refractivity contribution in [2.75, 3.05) is 20.2 Å². The molecule has 0 aliphatic rings. The Morgan fingerprint density at radius 1 is 1.33 bits per heavy atom. The van der Waals surface area contributed by atoms with Crippen LogP contribution in [0.4, 0.5) is 4.79 Å². The van der Waals surface area contributed by atoms with Crippen molar-refractivity contribution >= 4 is 12.1 Å². The predicted molar refractivity (Wildman–Crippen MR) is 75.6 cm³/mol. The van der Waals surface area contributed by atoms with E-state index in [1.54, 1.807) is 27.8 Å². The first-order valence-corrected chi connectivity index (χ1v) is 6.45. The first-order valence-electron chi connectivity index (χ1n) is 6.45. The standard InChI is InChI=1S/C14H20N2O5/c1-14(2,3)21-13(19)16(4)7-8-20-10-5-6-11(12(17)18)15-9-10/h5-6,9H,7-8H2,1-4H3,(H,17,18). The van der Waals surface area contributed by atoms with Gasteiger partial charge in [0.05, 0.1) is 12.7 Å². The normalized spacial score (nSPS) is 10.9. The van der Waals surface area contributed by atoms with Crippen molar-refractivity contribution in [1.82, 2.24) is 9.88 Å². The number of rotatable bonds is 5. The van der Waals surface area contributed by atoms with Crippen LogP contribution in [0.1, 0.15) is 31.3 Å². The van der Waals surface area contributed by atoms with Gasteiger partial charge in [-0.15, -0.1) is 0 Å². The Balaban J connectivity index is 2.39. The van der Waals surface area contributed by atoms with E-state index in [4.69, 9.17) is 14.6 Å². The number of carboxylic acid groups (broad SMARTS) is 1. The minimum Gasteiger partial charge on any atom is -0.490 e. The zero-order chi connectivity index (χ0) is 16.0. The van der Waals surface area contributed by atoms with Crippen LogP contribution in [0.3, 0.4) is 0 Å². The Hall–Kier alpha value is -2.31. The van der Waals surface area contributed by atoms with Crippen LogP contribution < -0.4 is 4.74 Å². The fraction of sp³-hybridized carbons (Fsp3) is 0.500. The quantitative estimate of drug-likeness (QED) is 0.894. The minimum absolute atomic E-state index is 0.0479. The number of nitrogens with zero attached hydrogens (tertiary/aromatic N) is 2. The summed E-state index contributed by atoms with van der Waals surface area (Å²) in [5.41, 5.74) is -0.587. The van der Waals surface area contributed by atoms with Crippen LogP contribution in [0.15, 0.2) is 18.3 Å². The van der Waals surface area contributed by atoms with Crippen LogP contribution in [-0.4, -0.2) is 52.9 Å². The lowest BCUT2D eigenvalue weighted by atomic mass is 10.2. The van der Waals surface area contributed by atoms with Gasteiger partial charge >= 0.3 is 12.1 Å². The Kier molecular flexibility index (Phi) is 5.52. The Morgan fingerprint density at radius 2 is 2.00 bits per heavy atom. The molecule has 0 bridgehead atoms. The molecule has 0 saturated carbocycles. The number of pyridine rings is 1. The maximum atomic E-state index is 11.7. The zero-order valence-corrected chi connectivity index (χ0v) is 12.6. The molecular weight excluding hydrogens is 276 g/mol. The van der Waals surface area contributed by atoms with E-state index in [-0.39, 0.29) is 12.3 Å². The van der Waals surface area contributed by atoms with E-state index < -0.39 is 17.7 Å². The monoisotopic (exact) mass is 296 g/mol.